The zero-order chi connectivity index (χ0) is 22.2. The second-order valence-corrected chi connectivity index (χ2v) is 8.28. The van der Waals surface area contributed by atoms with Gasteiger partial charge < -0.3 is 19.7 Å². The molecule has 1 aliphatic rings. The summed E-state index contributed by atoms with van der Waals surface area (Å²) in [6, 6.07) is 29.4. The van der Waals surface area contributed by atoms with Crippen molar-refractivity contribution in [3.63, 3.8) is 0 Å². The van der Waals surface area contributed by atoms with E-state index in [4.69, 9.17) is 9.47 Å². The molecule has 1 aliphatic heterocycles. The van der Waals surface area contributed by atoms with Crippen LogP contribution in [0.4, 0.5) is 0 Å². The molecule has 0 aliphatic carbocycles. The molecule has 0 amide bonds. The molecule has 32 heavy (non-hydrogen) atoms. The van der Waals surface area contributed by atoms with E-state index in [1.165, 1.54) is 0 Å². The smallest absolute Gasteiger partial charge is 0.0992 e. The van der Waals surface area contributed by atoms with Crippen LogP contribution in [0.1, 0.15) is 16.7 Å². The first kappa shape index (κ1) is 22.6. The summed E-state index contributed by atoms with van der Waals surface area (Å²) >= 11 is 0. The molecule has 168 valence electrons. The number of aliphatic hydroxyl groups excluding tert-OH is 2. The van der Waals surface area contributed by atoms with Crippen molar-refractivity contribution in [2.75, 3.05) is 13.2 Å². The lowest BCUT2D eigenvalue weighted by Gasteiger charge is -2.30. The Kier molecular flexibility index (Phi) is 8.04. The first-order valence-electron chi connectivity index (χ1n) is 11.1. The lowest BCUT2D eigenvalue weighted by atomic mass is 10.1. The Hall–Kier alpha value is -2.54. The number of aliphatic hydroxyl groups is 2. The zero-order valence-electron chi connectivity index (χ0n) is 18.2. The molecule has 4 rings (SSSR count). The van der Waals surface area contributed by atoms with E-state index in [9.17, 15) is 10.2 Å². The average Bonchev–Trinajstić information content (AvgIpc) is 3.05. The molecule has 0 unspecified atom stereocenters. The van der Waals surface area contributed by atoms with E-state index in [-0.39, 0.29) is 12.1 Å². The number of ether oxygens (including phenoxy) is 2. The Bertz CT molecular complexity index is 865. The van der Waals surface area contributed by atoms with Crippen molar-refractivity contribution in [1.29, 1.82) is 0 Å². The van der Waals surface area contributed by atoms with E-state index in [1.54, 1.807) is 0 Å². The van der Waals surface area contributed by atoms with Crippen LogP contribution in [0, 0.1) is 0 Å². The van der Waals surface area contributed by atoms with E-state index in [2.05, 4.69) is 17.0 Å². The molecule has 5 nitrogen and oxygen atoms in total. The average molecular weight is 434 g/mol. The number of likely N-dealkylation sites (tertiary alicyclic amines) is 1. The van der Waals surface area contributed by atoms with Crippen molar-refractivity contribution in [3.05, 3.63) is 108 Å². The fourth-order valence-corrected chi connectivity index (χ4v) is 4.25. The van der Waals surface area contributed by atoms with Crippen molar-refractivity contribution in [2.45, 2.75) is 44.1 Å². The first-order valence-corrected chi connectivity index (χ1v) is 11.1. The van der Waals surface area contributed by atoms with Gasteiger partial charge in [-0.3, -0.25) is 4.90 Å². The van der Waals surface area contributed by atoms with Gasteiger partial charge in [0.25, 0.3) is 0 Å². The summed E-state index contributed by atoms with van der Waals surface area (Å²) in [6.45, 7) is 2.20. The molecule has 2 N–H and O–H groups in total. The maximum atomic E-state index is 10.9. The van der Waals surface area contributed by atoms with Crippen LogP contribution in [0.2, 0.25) is 0 Å². The SMILES string of the molecule is O[C@H]1[C@H](O)[C@H](COCc2ccccc2)N(Cc2ccccc2)[C@@H]1COCc1ccccc1. The highest BCUT2D eigenvalue weighted by Crippen LogP contribution is 2.28. The van der Waals surface area contributed by atoms with Gasteiger partial charge in [-0.1, -0.05) is 91.0 Å². The molecule has 1 saturated heterocycles. The van der Waals surface area contributed by atoms with Gasteiger partial charge >= 0.3 is 0 Å². The Balaban J connectivity index is 1.43. The molecule has 0 radical (unpaired) electrons. The van der Waals surface area contributed by atoms with Crippen LogP contribution >= 0.6 is 0 Å². The lowest BCUT2D eigenvalue weighted by molar-refractivity contribution is -0.00497. The highest BCUT2D eigenvalue weighted by atomic mass is 16.5. The van der Waals surface area contributed by atoms with E-state index in [1.807, 2.05) is 78.9 Å². The molecule has 3 aromatic rings. The topological polar surface area (TPSA) is 62.2 Å². The fourth-order valence-electron chi connectivity index (χ4n) is 4.25. The summed E-state index contributed by atoms with van der Waals surface area (Å²) in [7, 11) is 0. The maximum absolute atomic E-state index is 10.9. The summed E-state index contributed by atoms with van der Waals surface area (Å²) in [5, 5.41) is 21.7. The van der Waals surface area contributed by atoms with Gasteiger partial charge in [0.15, 0.2) is 0 Å². The zero-order valence-corrected chi connectivity index (χ0v) is 18.2. The minimum absolute atomic E-state index is 0.320. The number of hydrogen-bond donors (Lipinski definition) is 2. The van der Waals surface area contributed by atoms with Crippen molar-refractivity contribution in [1.82, 2.24) is 4.90 Å². The second-order valence-electron chi connectivity index (χ2n) is 8.28. The van der Waals surface area contributed by atoms with Gasteiger partial charge in [-0.2, -0.15) is 0 Å². The van der Waals surface area contributed by atoms with E-state index < -0.39 is 12.2 Å². The van der Waals surface area contributed by atoms with Gasteiger partial charge in [-0.25, -0.2) is 0 Å². The largest absolute Gasteiger partial charge is 0.389 e. The lowest BCUT2D eigenvalue weighted by Crippen LogP contribution is -2.43. The summed E-state index contributed by atoms with van der Waals surface area (Å²) < 4.78 is 11.9. The van der Waals surface area contributed by atoms with Crippen LogP contribution in [-0.4, -0.2) is 52.6 Å². The Morgan fingerprint density at radius 1 is 0.562 bits per heavy atom. The van der Waals surface area contributed by atoms with Crippen LogP contribution in [0.25, 0.3) is 0 Å². The molecule has 1 fully saturated rings. The highest BCUT2D eigenvalue weighted by Gasteiger charge is 2.47. The first-order chi connectivity index (χ1) is 15.7. The fraction of sp³-hybridized carbons (Fsp3) is 0.333. The van der Waals surface area contributed by atoms with Gasteiger partial charge in [0, 0.05) is 6.54 Å². The molecule has 3 aromatic carbocycles. The quantitative estimate of drug-likeness (QED) is 0.513. The van der Waals surface area contributed by atoms with Gasteiger partial charge in [0.1, 0.15) is 0 Å². The third kappa shape index (κ3) is 5.82. The summed E-state index contributed by atoms with van der Waals surface area (Å²) in [6.07, 6.45) is -1.81. The van der Waals surface area contributed by atoms with Crippen molar-refractivity contribution >= 4 is 0 Å². The summed E-state index contributed by atoms with van der Waals surface area (Å²) in [5.74, 6) is 0. The Labute approximate surface area is 189 Å². The van der Waals surface area contributed by atoms with Gasteiger partial charge in [0.2, 0.25) is 0 Å². The molecule has 0 saturated carbocycles. The monoisotopic (exact) mass is 433 g/mol. The molecule has 0 spiro atoms. The molecule has 1 heterocycles. The van der Waals surface area contributed by atoms with E-state index >= 15 is 0 Å². The van der Waals surface area contributed by atoms with Gasteiger partial charge in [0.05, 0.1) is 50.7 Å². The number of hydrogen-bond acceptors (Lipinski definition) is 5. The van der Waals surface area contributed by atoms with Crippen LogP contribution in [0.5, 0.6) is 0 Å². The molecule has 4 atom stereocenters. The summed E-state index contributed by atoms with van der Waals surface area (Å²) in [5.41, 5.74) is 3.28. The van der Waals surface area contributed by atoms with Crippen molar-refractivity contribution in [2.24, 2.45) is 0 Å². The summed E-state index contributed by atoms with van der Waals surface area (Å²) in [4.78, 5) is 2.13. The molecule has 0 aromatic heterocycles. The van der Waals surface area contributed by atoms with E-state index in [0.717, 1.165) is 16.7 Å². The Morgan fingerprint density at radius 2 is 0.938 bits per heavy atom. The maximum Gasteiger partial charge on any atom is 0.0992 e. The molecular formula is C27H31NO4. The number of rotatable bonds is 10. The van der Waals surface area contributed by atoms with E-state index in [0.29, 0.717) is 33.0 Å². The minimum Gasteiger partial charge on any atom is -0.389 e. The molecular weight excluding hydrogens is 402 g/mol. The second kappa shape index (κ2) is 11.4. The third-order valence-electron chi connectivity index (χ3n) is 6.00. The van der Waals surface area contributed by atoms with Crippen LogP contribution in [0.3, 0.4) is 0 Å². The van der Waals surface area contributed by atoms with Gasteiger partial charge in [-0.05, 0) is 16.7 Å². The standard InChI is InChI=1S/C27H31NO4/c29-26-24(19-31-17-22-12-6-2-7-13-22)28(16-21-10-4-1-5-11-21)25(27(26)30)20-32-18-23-14-8-3-9-15-23/h1-15,24-27,29-30H,16-20H2/t24-,25+,26-,27-/m1/s1. The highest BCUT2D eigenvalue weighted by molar-refractivity contribution is 5.17. The number of nitrogens with zero attached hydrogens (tertiary/aromatic N) is 1. The van der Waals surface area contributed by atoms with Crippen molar-refractivity contribution in [3.8, 4) is 0 Å². The number of benzene rings is 3. The van der Waals surface area contributed by atoms with Crippen LogP contribution < -0.4 is 0 Å². The Morgan fingerprint density at radius 3 is 1.34 bits per heavy atom. The minimum atomic E-state index is -0.903. The predicted octanol–water partition coefficient (Wildman–Crippen LogP) is 3.39. The predicted molar refractivity (Wildman–Crippen MR) is 124 cm³/mol. The molecule has 0 bridgehead atoms. The normalized spacial score (nSPS) is 23.4. The van der Waals surface area contributed by atoms with Gasteiger partial charge in [-0.15, -0.1) is 0 Å². The third-order valence-corrected chi connectivity index (χ3v) is 6.00. The van der Waals surface area contributed by atoms with Crippen molar-refractivity contribution < 1.29 is 19.7 Å². The van der Waals surface area contributed by atoms with Crippen LogP contribution in [-0.2, 0) is 29.2 Å². The van der Waals surface area contributed by atoms with Crippen LogP contribution in [0.15, 0.2) is 91.0 Å². The molecule has 5 heteroatoms.